The summed E-state index contributed by atoms with van der Waals surface area (Å²) in [4.78, 5) is 30.6. The second-order valence-corrected chi connectivity index (χ2v) is 10.1. The molecule has 7 heteroatoms. The maximum absolute atomic E-state index is 13.6. The Morgan fingerprint density at radius 1 is 1.03 bits per heavy atom. The zero-order chi connectivity index (χ0) is 27.1. The Balaban J connectivity index is 1.70. The summed E-state index contributed by atoms with van der Waals surface area (Å²) in [5.74, 6) is -0.315. The highest BCUT2D eigenvalue weighted by Gasteiger charge is 2.47. The number of anilines is 2. The van der Waals surface area contributed by atoms with E-state index in [-0.39, 0.29) is 17.4 Å². The molecule has 38 heavy (non-hydrogen) atoms. The first kappa shape index (κ1) is 25.4. The van der Waals surface area contributed by atoms with Crippen LogP contribution in [0.2, 0.25) is 0 Å². The molecular formula is C31H32N2O5. The Kier molecular flexibility index (Phi) is 6.61. The van der Waals surface area contributed by atoms with Crippen LogP contribution in [0.4, 0.5) is 11.4 Å². The summed E-state index contributed by atoms with van der Waals surface area (Å²) in [6.45, 7) is 9.11. The quantitative estimate of drug-likeness (QED) is 0.275. The van der Waals surface area contributed by atoms with Crippen LogP contribution < -0.4 is 19.3 Å². The number of aryl methyl sites for hydroxylation is 2. The first-order valence-electron chi connectivity index (χ1n) is 12.8. The van der Waals surface area contributed by atoms with Crippen LogP contribution in [0.15, 0.2) is 66.2 Å². The molecule has 3 aromatic carbocycles. The average Bonchev–Trinajstić information content (AvgIpc) is 3.15. The molecule has 0 saturated carbocycles. The highest BCUT2D eigenvalue weighted by atomic mass is 16.5. The second kappa shape index (κ2) is 9.89. The fraction of sp³-hybridized carbons (Fsp3) is 0.290. The summed E-state index contributed by atoms with van der Waals surface area (Å²) in [7, 11) is 1.95. The van der Waals surface area contributed by atoms with Crippen LogP contribution >= 0.6 is 0 Å². The van der Waals surface area contributed by atoms with E-state index in [2.05, 4.69) is 0 Å². The molecule has 2 aliphatic rings. The molecule has 0 bridgehead atoms. The van der Waals surface area contributed by atoms with E-state index in [0.717, 1.165) is 16.8 Å². The van der Waals surface area contributed by atoms with Crippen molar-refractivity contribution in [2.24, 2.45) is 0 Å². The van der Waals surface area contributed by atoms with Crippen molar-refractivity contribution >= 4 is 28.8 Å². The molecule has 1 amide bonds. The number of hydrogen-bond donors (Lipinski definition) is 1. The van der Waals surface area contributed by atoms with Crippen molar-refractivity contribution < 1.29 is 24.2 Å². The number of carbonyl (C=O) groups is 2. The van der Waals surface area contributed by atoms with E-state index in [1.165, 1.54) is 4.90 Å². The lowest BCUT2D eigenvalue weighted by atomic mass is 9.94. The van der Waals surface area contributed by atoms with Crippen molar-refractivity contribution in [2.45, 2.75) is 39.8 Å². The van der Waals surface area contributed by atoms with Gasteiger partial charge in [-0.05, 0) is 86.8 Å². The molecule has 1 saturated heterocycles. The van der Waals surface area contributed by atoms with Crippen LogP contribution in [0.5, 0.6) is 11.5 Å². The van der Waals surface area contributed by atoms with E-state index in [4.69, 9.17) is 9.47 Å². The molecule has 1 N–H and O–H groups in total. The number of nitrogens with zero attached hydrogens (tertiary/aromatic N) is 2. The summed E-state index contributed by atoms with van der Waals surface area (Å²) < 4.78 is 11.7. The molecule has 1 fully saturated rings. The molecule has 5 rings (SSSR count). The number of aliphatic hydroxyl groups is 1. The minimum atomic E-state index is -0.835. The van der Waals surface area contributed by atoms with Gasteiger partial charge in [0, 0.05) is 18.3 Å². The van der Waals surface area contributed by atoms with Crippen molar-refractivity contribution in [2.75, 3.05) is 30.0 Å². The Bertz CT molecular complexity index is 1460. The number of amides is 1. The molecule has 2 aliphatic heterocycles. The van der Waals surface area contributed by atoms with Gasteiger partial charge in [0.2, 0.25) is 0 Å². The zero-order valence-electron chi connectivity index (χ0n) is 22.3. The van der Waals surface area contributed by atoms with Gasteiger partial charge in [-0.3, -0.25) is 14.5 Å². The van der Waals surface area contributed by atoms with Gasteiger partial charge in [0.25, 0.3) is 11.7 Å². The van der Waals surface area contributed by atoms with Crippen LogP contribution in [-0.4, -0.2) is 43.1 Å². The van der Waals surface area contributed by atoms with Crippen molar-refractivity contribution in [1.29, 1.82) is 0 Å². The summed E-state index contributed by atoms with van der Waals surface area (Å²) in [5, 5.41) is 11.6. The summed E-state index contributed by atoms with van der Waals surface area (Å²) in [6, 6.07) is 17.5. The van der Waals surface area contributed by atoms with Crippen molar-refractivity contribution in [3.63, 3.8) is 0 Å². The maximum atomic E-state index is 13.6. The topological polar surface area (TPSA) is 79.3 Å². The highest BCUT2D eigenvalue weighted by Crippen LogP contribution is 2.44. The third-order valence-corrected chi connectivity index (χ3v) is 7.09. The lowest BCUT2D eigenvalue weighted by molar-refractivity contribution is -0.132. The highest BCUT2D eigenvalue weighted by molar-refractivity contribution is 6.51. The van der Waals surface area contributed by atoms with Crippen LogP contribution in [0.1, 0.15) is 42.1 Å². The SMILES string of the molecule is Cc1ccc(N2C(=O)C(=O)/C(=C(\O)c3ccc4c(c3)N(C)CCO4)C2c2cccc(OC(C)C)c2)cc1C. The molecule has 0 spiro atoms. The number of rotatable bonds is 5. The molecule has 0 aliphatic carbocycles. The number of likely N-dealkylation sites (N-methyl/N-ethyl adjacent to an activating group) is 1. The van der Waals surface area contributed by atoms with Crippen LogP contribution in [-0.2, 0) is 9.59 Å². The molecule has 1 atom stereocenters. The Morgan fingerprint density at radius 3 is 2.55 bits per heavy atom. The van der Waals surface area contributed by atoms with Gasteiger partial charge in [-0.2, -0.15) is 0 Å². The van der Waals surface area contributed by atoms with E-state index in [9.17, 15) is 14.7 Å². The lowest BCUT2D eigenvalue weighted by Crippen LogP contribution is -2.29. The molecule has 0 aromatic heterocycles. The van der Waals surface area contributed by atoms with Crippen molar-refractivity contribution in [3.05, 3.63) is 88.5 Å². The smallest absolute Gasteiger partial charge is 0.300 e. The number of benzene rings is 3. The van der Waals surface area contributed by atoms with Gasteiger partial charge in [-0.1, -0.05) is 18.2 Å². The number of carbonyl (C=O) groups excluding carboxylic acids is 2. The van der Waals surface area contributed by atoms with Gasteiger partial charge in [0.15, 0.2) is 0 Å². The third kappa shape index (κ3) is 4.49. The second-order valence-electron chi connectivity index (χ2n) is 10.1. The minimum Gasteiger partial charge on any atom is -0.507 e. The molecule has 2 heterocycles. The van der Waals surface area contributed by atoms with E-state index in [1.807, 2.05) is 82.1 Å². The standard InChI is InChI=1S/C31H32N2O5/c1-18(2)38-24-8-6-7-21(16-24)28-27(29(34)22-10-12-26-25(17-22)32(5)13-14-37-26)30(35)31(36)33(28)23-11-9-19(3)20(4)15-23/h6-12,15-18,28,34H,13-14H2,1-5H3/b29-27-. The number of Topliss-reactive ketones (excluding diaryl/α,β-unsaturated/α-hetero) is 1. The van der Waals surface area contributed by atoms with E-state index in [0.29, 0.717) is 41.5 Å². The van der Waals surface area contributed by atoms with Gasteiger partial charge in [0.05, 0.1) is 30.0 Å². The minimum absolute atomic E-state index is 0.0363. The molecule has 0 radical (unpaired) electrons. The number of aliphatic hydroxyl groups excluding tert-OH is 1. The fourth-order valence-electron chi connectivity index (χ4n) is 4.97. The molecule has 1 unspecified atom stereocenters. The predicted molar refractivity (Wildman–Crippen MR) is 148 cm³/mol. The molecular weight excluding hydrogens is 480 g/mol. The van der Waals surface area contributed by atoms with Crippen molar-refractivity contribution in [3.8, 4) is 11.5 Å². The largest absolute Gasteiger partial charge is 0.507 e. The summed E-state index contributed by atoms with van der Waals surface area (Å²) in [5.41, 5.74) is 4.63. The van der Waals surface area contributed by atoms with Gasteiger partial charge < -0.3 is 19.5 Å². The summed E-state index contributed by atoms with van der Waals surface area (Å²) in [6.07, 6.45) is -0.0499. The zero-order valence-corrected chi connectivity index (χ0v) is 22.3. The molecule has 7 nitrogen and oxygen atoms in total. The van der Waals surface area contributed by atoms with Gasteiger partial charge in [-0.25, -0.2) is 0 Å². The first-order chi connectivity index (χ1) is 18.2. The normalized spacial score (nSPS) is 18.5. The van der Waals surface area contributed by atoms with E-state index >= 15 is 0 Å². The molecule has 196 valence electrons. The van der Waals surface area contributed by atoms with Crippen molar-refractivity contribution in [1.82, 2.24) is 0 Å². The predicted octanol–water partition coefficient (Wildman–Crippen LogP) is 5.55. The van der Waals surface area contributed by atoms with Gasteiger partial charge in [0.1, 0.15) is 23.9 Å². The third-order valence-electron chi connectivity index (χ3n) is 7.09. The molecule has 3 aromatic rings. The number of ether oxygens (including phenoxy) is 2. The van der Waals surface area contributed by atoms with Crippen LogP contribution in [0.3, 0.4) is 0 Å². The van der Waals surface area contributed by atoms with Crippen LogP contribution in [0, 0.1) is 13.8 Å². The van der Waals surface area contributed by atoms with Gasteiger partial charge in [-0.15, -0.1) is 0 Å². The maximum Gasteiger partial charge on any atom is 0.300 e. The Labute approximate surface area is 222 Å². The average molecular weight is 513 g/mol. The van der Waals surface area contributed by atoms with Gasteiger partial charge >= 0.3 is 0 Å². The number of ketones is 1. The number of fused-ring (bicyclic) bond motifs is 1. The Morgan fingerprint density at radius 2 is 1.82 bits per heavy atom. The lowest BCUT2D eigenvalue weighted by Gasteiger charge is -2.28. The first-order valence-corrected chi connectivity index (χ1v) is 12.8. The summed E-state index contributed by atoms with van der Waals surface area (Å²) >= 11 is 0. The number of hydrogen-bond acceptors (Lipinski definition) is 6. The monoisotopic (exact) mass is 512 g/mol. The fourth-order valence-corrected chi connectivity index (χ4v) is 4.97. The Hall–Kier alpha value is -4.26. The van der Waals surface area contributed by atoms with E-state index in [1.54, 1.807) is 18.2 Å². The van der Waals surface area contributed by atoms with Crippen LogP contribution in [0.25, 0.3) is 5.76 Å². The van der Waals surface area contributed by atoms with E-state index < -0.39 is 17.7 Å².